The van der Waals surface area contributed by atoms with E-state index in [4.69, 9.17) is 0 Å². The zero-order chi connectivity index (χ0) is 10.6. The molecule has 0 aromatic heterocycles. The minimum absolute atomic E-state index is 0.619. The molecule has 0 aliphatic carbocycles. The Bertz CT molecular complexity index is 281. The van der Waals surface area contributed by atoms with Crippen LogP contribution in [-0.4, -0.2) is 18.4 Å². The summed E-state index contributed by atoms with van der Waals surface area (Å²) in [6.07, 6.45) is 0. The van der Waals surface area contributed by atoms with Crippen molar-refractivity contribution in [3.63, 3.8) is 0 Å². The molecule has 1 aromatic carbocycles. The van der Waals surface area contributed by atoms with Gasteiger partial charge in [0.25, 0.3) is 0 Å². The average Bonchev–Trinajstić information content (AvgIpc) is 2.15. The van der Waals surface area contributed by atoms with Crippen molar-refractivity contribution in [1.82, 2.24) is 4.31 Å². The highest BCUT2D eigenvalue weighted by Gasteiger charge is 2.05. The van der Waals surface area contributed by atoms with Gasteiger partial charge in [-0.3, -0.25) is 4.31 Å². The highest BCUT2D eigenvalue weighted by atomic mass is 32.2. The molecule has 1 rings (SSSR count). The van der Waals surface area contributed by atoms with Crippen LogP contribution in [0.5, 0.6) is 0 Å². The van der Waals surface area contributed by atoms with Crippen LogP contribution >= 0.6 is 11.9 Å². The maximum Gasteiger partial charge on any atom is 0.0335 e. The molecule has 0 bridgehead atoms. The zero-order valence-corrected chi connectivity index (χ0v) is 10.3. The molecular weight excluding hydrogens is 190 g/mol. The van der Waals surface area contributed by atoms with E-state index < -0.39 is 0 Å². The van der Waals surface area contributed by atoms with E-state index >= 15 is 0 Å². The molecule has 0 saturated heterocycles. The summed E-state index contributed by atoms with van der Waals surface area (Å²) in [5.41, 5.74) is 2.93. The second kappa shape index (κ2) is 5.42. The van der Waals surface area contributed by atoms with Crippen LogP contribution in [0.1, 0.15) is 30.9 Å². The first-order valence-electron chi connectivity index (χ1n) is 4.99. The molecule has 14 heavy (non-hydrogen) atoms. The lowest BCUT2D eigenvalue weighted by Crippen LogP contribution is -2.02. The van der Waals surface area contributed by atoms with Crippen molar-refractivity contribution in [2.24, 2.45) is 0 Å². The molecular formula is C12H19NS. The molecule has 1 nitrogen and oxygen atoms in total. The summed E-state index contributed by atoms with van der Waals surface area (Å²) in [4.78, 5) is 0. The molecule has 0 unspecified atom stereocenters. The van der Waals surface area contributed by atoms with Gasteiger partial charge in [-0.1, -0.05) is 50.1 Å². The maximum absolute atomic E-state index is 2.25. The van der Waals surface area contributed by atoms with Gasteiger partial charge in [-0.25, -0.2) is 0 Å². The smallest absolute Gasteiger partial charge is 0.0335 e. The Morgan fingerprint density at radius 1 is 1.21 bits per heavy atom. The van der Waals surface area contributed by atoms with Gasteiger partial charge in [0.2, 0.25) is 0 Å². The van der Waals surface area contributed by atoms with Crippen LogP contribution in [0, 0.1) is 0 Å². The summed E-state index contributed by atoms with van der Waals surface area (Å²) in [5, 5.41) is 0. The van der Waals surface area contributed by atoms with Gasteiger partial charge < -0.3 is 0 Å². The molecule has 0 radical (unpaired) electrons. The van der Waals surface area contributed by atoms with Crippen LogP contribution < -0.4 is 0 Å². The van der Waals surface area contributed by atoms with Crippen LogP contribution in [0.25, 0.3) is 0 Å². The summed E-state index contributed by atoms with van der Waals surface area (Å²) >= 11 is 1.85. The Balaban J connectivity index is 2.74. The Morgan fingerprint density at radius 3 is 2.43 bits per heavy atom. The van der Waals surface area contributed by atoms with Gasteiger partial charge in [0.15, 0.2) is 0 Å². The minimum atomic E-state index is 0.619. The number of benzene rings is 1. The van der Waals surface area contributed by atoms with Gasteiger partial charge in [0.05, 0.1) is 0 Å². The molecule has 0 saturated carbocycles. The quantitative estimate of drug-likeness (QED) is 0.698. The molecule has 1 aromatic rings. The molecule has 0 N–H and O–H groups in total. The monoisotopic (exact) mass is 209 g/mol. The lowest BCUT2D eigenvalue weighted by molar-refractivity contribution is 0.701. The Hall–Kier alpha value is -0.470. The fraction of sp³-hybridized carbons (Fsp3) is 0.500. The SMILES string of the molecule is CC(C)c1ccccc1CSN(C)C. The second-order valence-electron chi connectivity index (χ2n) is 3.94. The summed E-state index contributed by atoms with van der Waals surface area (Å²) in [7, 11) is 4.17. The second-order valence-corrected chi connectivity index (χ2v) is 5.22. The Kier molecular flexibility index (Phi) is 4.49. The summed E-state index contributed by atoms with van der Waals surface area (Å²) < 4.78 is 2.15. The van der Waals surface area contributed by atoms with Crippen LogP contribution in [0.2, 0.25) is 0 Å². The van der Waals surface area contributed by atoms with Crippen molar-refractivity contribution in [3.8, 4) is 0 Å². The Labute approximate surface area is 91.6 Å². The number of hydrogen-bond acceptors (Lipinski definition) is 2. The first kappa shape index (κ1) is 11.6. The van der Waals surface area contributed by atoms with Crippen molar-refractivity contribution < 1.29 is 0 Å². The third kappa shape index (κ3) is 3.35. The van der Waals surface area contributed by atoms with Crippen molar-refractivity contribution in [1.29, 1.82) is 0 Å². The van der Waals surface area contributed by atoms with Gasteiger partial charge in [-0.2, -0.15) is 0 Å². The van der Waals surface area contributed by atoms with E-state index in [1.807, 2.05) is 11.9 Å². The van der Waals surface area contributed by atoms with E-state index in [9.17, 15) is 0 Å². The molecule has 0 aliphatic rings. The summed E-state index contributed by atoms with van der Waals surface area (Å²) in [6.45, 7) is 4.50. The summed E-state index contributed by atoms with van der Waals surface area (Å²) in [6, 6.07) is 8.71. The molecule has 0 atom stereocenters. The Morgan fingerprint density at radius 2 is 1.86 bits per heavy atom. The van der Waals surface area contributed by atoms with E-state index in [1.165, 1.54) is 11.1 Å². The van der Waals surface area contributed by atoms with E-state index in [0.717, 1.165) is 5.75 Å². The standard InChI is InChI=1S/C12H19NS/c1-10(2)12-8-6-5-7-11(12)9-14-13(3)4/h5-8,10H,9H2,1-4H3. The maximum atomic E-state index is 2.25. The molecule has 0 fully saturated rings. The van der Waals surface area contributed by atoms with Gasteiger partial charge in [0.1, 0.15) is 0 Å². The van der Waals surface area contributed by atoms with E-state index in [1.54, 1.807) is 0 Å². The highest BCUT2D eigenvalue weighted by Crippen LogP contribution is 2.23. The molecule has 78 valence electrons. The topological polar surface area (TPSA) is 3.24 Å². The largest absolute Gasteiger partial charge is 0.256 e. The summed E-state index contributed by atoms with van der Waals surface area (Å²) in [5.74, 6) is 1.69. The number of hydrogen-bond donors (Lipinski definition) is 0. The lowest BCUT2D eigenvalue weighted by Gasteiger charge is -2.14. The number of nitrogens with zero attached hydrogens (tertiary/aromatic N) is 1. The van der Waals surface area contributed by atoms with Crippen molar-refractivity contribution in [3.05, 3.63) is 35.4 Å². The number of rotatable bonds is 4. The van der Waals surface area contributed by atoms with E-state index in [0.29, 0.717) is 5.92 Å². The van der Waals surface area contributed by atoms with Crippen LogP contribution in [0.3, 0.4) is 0 Å². The minimum Gasteiger partial charge on any atom is -0.256 e. The fourth-order valence-electron chi connectivity index (χ4n) is 1.43. The van der Waals surface area contributed by atoms with Crippen molar-refractivity contribution in [2.45, 2.75) is 25.5 Å². The fourth-order valence-corrected chi connectivity index (χ4v) is 2.09. The van der Waals surface area contributed by atoms with Gasteiger partial charge in [-0.05, 0) is 31.1 Å². The predicted octanol–water partition coefficient (Wildman–Crippen LogP) is 3.52. The molecule has 0 spiro atoms. The molecule has 2 heteroatoms. The van der Waals surface area contributed by atoms with E-state index in [2.05, 4.69) is 56.5 Å². The molecule has 0 amide bonds. The lowest BCUT2D eigenvalue weighted by atomic mass is 9.98. The first-order chi connectivity index (χ1) is 6.61. The van der Waals surface area contributed by atoms with Gasteiger partial charge >= 0.3 is 0 Å². The first-order valence-corrected chi connectivity index (χ1v) is 5.93. The third-order valence-electron chi connectivity index (χ3n) is 2.16. The van der Waals surface area contributed by atoms with Gasteiger partial charge in [-0.15, -0.1) is 0 Å². The zero-order valence-electron chi connectivity index (χ0n) is 9.45. The predicted molar refractivity (Wildman–Crippen MR) is 65.5 cm³/mol. The highest BCUT2D eigenvalue weighted by molar-refractivity contribution is 7.96. The average molecular weight is 209 g/mol. The normalized spacial score (nSPS) is 11.3. The van der Waals surface area contributed by atoms with Crippen LogP contribution in [0.4, 0.5) is 0 Å². The van der Waals surface area contributed by atoms with Crippen molar-refractivity contribution >= 4 is 11.9 Å². The van der Waals surface area contributed by atoms with Crippen molar-refractivity contribution in [2.75, 3.05) is 14.1 Å². The van der Waals surface area contributed by atoms with Crippen LogP contribution in [-0.2, 0) is 5.75 Å². The van der Waals surface area contributed by atoms with Crippen LogP contribution in [0.15, 0.2) is 24.3 Å². The molecule has 0 aliphatic heterocycles. The van der Waals surface area contributed by atoms with Gasteiger partial charge in [0, 0.05) is 5.75 Å². The molecule has 0 heterocycles. The van der Waals surface area contributed by atoms with E-state index in [-0.39, 0.29) is 0 Å². The third-order valence-corrected chi connectivity index (χ3v) is 3.11.